The number of nitrogens with zero attached hydrogens (tertiary/aromatic N) is 1. The van der Waals surface area contributed by atoms with Crippen LogP contribution in [0.25, 0.3) is 0 Å². The summed E-state index contributed by atoms with van der Waals surface area (Å²) in [4.78, 5) is 26.4. The predicted octanol–water partition coefficient (Wildman–Crippen LogP) is 1.90. The Kier molecular flexibility index (Phi) is 3.42. The van der Waals surface area contributed by atoms with E-state index in [2.05, 4.69) is 5.32 Å². The summed E-state index contributed by atoms with van der Waals surface area (Å²) in [7, 11) is 0. The van der Waals surface area contributed by atoms with Crippen LogP contribution >= 0.6 is 0 Å². The van der Waals surface area contributed by atoms with E-state index in [1.165, 1.54) is 0 Å². The third-order valence-electron chi connectivity index (χ3n) is 3.87. The summed E-state index contributed by atoms with van der Waals surface area (Å²) in [5, 5.41) is 2.83. The van der Waals surface area contributed by atoms with E-state index in [0.717, 1.165) is 12.8 Å². The van der Waals surface area contributed by atoms with Crippen LogP contribution in [0, 0.1) is 5.92 Å². The number of carbonyl (C=O) groups is 2. The number of anilines is 1. The van der Waals surface area contributed by atoms with Gasteiger partial charge in [0.25, 0.3) is 5.91 Å². The van der Waals surface area contributed by atoms with Crippen LogP contribution < -0.4 is 10.2 Å². The van der Waals surface area contributed by atoms with E-state index in [1.807, 2.05) is 0 Å². The molecule has 1 aliphatic heterocycles. The zero-order valence-corrected chi connectivity index (χ0v) is 11.1. The molecule has 1 aromatic rings. The molecule has 20 heavy (non-hydrogen) atoms. The molecule has 1 atom stereocenters. The van der Waals surface area contributed by atoms with E-state index >= 15 is 0 Å². The van der Waals surface area contributed by atoms with Crippen molar-refractivity contribution in [3.8, 4) is 0 Å². The highest BCUT2D eigenvalue weighted by Gasteiger charge is 2.42. The summed E-state index contributed by atoms with van der Waals surface area (Å²) in [6, 6.07) is 6.55. The van der Waals surface area contributed by atoms with Gasteiger partial charge >= 0.3 is 0 Å². The first kappa shape index (κ1) is 13.1. The lowest BCUT2D eigenvalue weighted by molar-refractivity contribution is -0.120. The number of amides is 2. The third-order valence-corrected chi connectivity index (χ3v) is 3.87. The maximum absolute atomic E-state index is 12.6. The van der Waals surface area contributed by atoms with Gasteiger partial charge in [0.05, 0.1) is 17.9 Å². The van der Waals surface area contributed by atoms with Crippen molar-refractivity contribution in [2.45, 2.75) is 25.3 Å². The van der Waals surface area contributed by atoms with E-state index in [1.54, 1.807) is 29.2 Å². The Balaban J connectivity index is 1.99. The summed E-state index contributed by atoms with van der Waals surface area (Å²) in [6.07, 6.45) is 2.21. The average molecular weight is 276 g/mol. The Hall–Kier alpha value is -1.91. The number of hydrogen-bond acceptors (Lipinski definition) is 2. The third kappa shape index (κ3) is 2.28. The molecule has 5 heteroatoms. The van der Waals surface area contributed by atoms with Gasteiger partial charge in [-0.15, -0.1) is 0 Å². The van der Waals surface area contributed by atoms with Gasteiger partial charge in [-0.2, -0.15) is 0 Å². The van der Waals surface area contributed by atoms with Crippen LogP contribution in [0.2, 0.25) is 0 Å². The molecule has 0 bridgehead atoms. The zero-order chi connectivity index (χ0) is 14.1. The molecule has 1 unspecified atom stereocenters. The van der Waals surface area contributed by atoms with Crippen molar-refractivity contribution >= 4 is 17.5 Å². The first-order valence-corrected chi connectivity index (χ1v) is 6.99. The van der Waals surface area contributed by atoms with E-state index < -0.39 is 12.7 Å². The highest BCUT2D eigenvalue weighted by molar-refractivity contribution is 6.11. The molecule has 1 aliphatic carbocycles. The van der Waals surface area contributed by atoms with E-state index in [4.69, 9.17) is 0 Å². The molecule has 0 saturated heterocycles. The molecule has 0 radical (unpaired) electrons. The molecule has 0 spiro atoms. The fraction of sp³-hybridized carbons (Fsp3) is 0.467. The van der Waals surface area contributed by atoms with E-state index in [9.17, 15) is 14.0 Å². The van der Waals surface area contributed by atoms with Crippen LogP contribution in [0.15, 0.2) is 24.3 Å². The zero-order valence-electron chi connectivity index (χ0n) is 11.1. The van der Waals surface area contributed by atoms with E-state index in [0.29, 0.717) is 17.8 Å². The quantitative estimate of drug-likeness (QED) is 0.913. The van der Waals surface area contributed by atoms with Gasteiger partial charge in [-0.25, -0.2) is 0 Å². The number of rotatable bonds is 4. The smallest absolute Gasteiger partial charge is 0.254 e. The number of benzene rings is 1. The van der Waals surface area contributed by atoms with Gasteiger partial charge in [0, 0.05) is 6.54 Å². The fourth-order valence-electron chi connectivity index (χ4n) is 2.67. The molecular formula is C15H17FN2O2. The normalized spacial score (nSPS) is 22.2. The van der Waals surface area contributed by atoms with Gasteiger partial charge in [0.1, 0.15) is 6.04 Å². The lowest BCUT2D eigenvalue weighted by Crippen LogP contribution is -2.47. The molecule has 4 nitrogen and oxygen atoms in total. The molecule has 0 aromatic heterocycles. The first-order chi connectivity index (χ1) is 9.72. The number of halogens is 1. The lowest BCUT2D eigenvalue weighted by atomic mass is 10.1. The van der Waals surface area contributed by atoms with Crippen molar-refractivity contribution < 1.29 is 14.0 Å². The van der Waals surface area contributed by atoms with Crippen LogP contribution in [0.4, 0.5) is 10.1 Å². The predicted molar refractivity (Wildman–Crippen MR) is 73.4 cm³/mol. The van der Waals surface area contributed by atoms with Gasteiger partial charge in [0.2, 0.25) is 5.91 Å². The summed E-state index contributed by atoms with van der Waals surface area (Å²) < 4.78 is 12.5. The molecule has 1 heterocycles. The Bertz CT molecular complexity index is 542. The highest BCUT2D eigenvalue weighted by Crippen LogP contribution is 2.36. The summed E-state index contributed by atoms with van der Waals surface area (Å²) >= 11 is 0. The first-order valence-electron chi connectivity index (χ1n) is 6.99. The number of nitrogens with one attached hydrogen (secondary N) is 1. The topological polar surface area (TPSA) is 49.4 Å². The second-order valence-electron chi connectivity index (χ2n) is 5.34. The van der Waals surface area contributed by atoms with Crippen LogP contribution in [-0.2, 0) is 4.79 Å². The molecule has 1 aromatic carbocycles. The second kappa shape index (κ2) is 5.23. The Morgan fingerprint density at radius 2 is 2.00 bits per heavy atom. The van der Waals surface area contributed by atoms with Gasteiger partial charge in [-0.05, 0) is 37.3 Å². The van der Waals surface area contributed by atoms with Crippen molar-refractivity contribution in [3.05, 3.63) is 29.8 Å². The van der Waals surface area contributed by atoms with Crippen LogP contribution in [0.1, 0.15) is 29.6 Å². The molecule has 1 fully saturated rings. The van der Waals surface area contributed by atoms with Gasteiger partial charge < -0.3 is 10.2 Å². The van der Waals surface area contributed by atoms with Crippen LogP contribution in [0.5, 0.6) is 0 Å². The fourth-order valence-corrected chi connectivity index (χ4v) is 2.67. The minimum Gasteiger partial charge on any atom is -0.340 e. The molecule has 1 saturated carbocycles. The summed E-state index contributed by atoms with van der Waals surface area (Å²) in [6.45, 7) is -0.161. The minimum absolute atomic E-state index is 0.112. The summed E-state index contributed by atoms with van der Waals surface area (Å²) in [5.74, 6) is -0.0958. The number of para-hydroxylation sites is 1. The SMILES string of the molecule is O=C1NC(C2CC2)C(=O)N(CCCF)c2ccccc21. The van der Waals surface area contributed by atoms with Crippen LogP contribution in [0.3, 0.4) is 0 Å². The average Bonchev–Trinajstić information content (AvgIpc) is 3.29. The van der Waals surface area contributed by atoms with Crippen molar-refractivity contribution in [1.82, 2.24) is 5.32 Å². The maximum Gasteiger partial charge on any atom is 0.254 e. The number of alkyl halides is 1. The molecule has 106 valence electrons. The largest absolute Gasteiger partial charge is 0.340 e. The Morgan fingerprint density at radius 3 is 2.70 bits per heavy atom. The Morgan fingerprint density at radius 1 is 1.25 bits per heavy atom. The standard InChI is InChI=1S/C15H17FN2O2/c16-8-3-9-18-12-5-2-1-4-11(12)14(19)17-13(15(18)20)10-6-7-10/h1-2,4-5,10,13H,3,6-9H2,(H,17,19). The number of hydrogen-bond donors (Lipinski definition) is 1. The Labute approximate surface area is 117 Å². The number of carbonyl (C=O) groups excluding carboxylic acids is 2. The van der Waals surface area contributed by atoms with Gasteiger partial charge in [-0.3, -0.25) is 14.0 Å². The molecule has 2 amide bonds. The van der Waals surface area contributed by atoms with Crippen molar-refractivity contribution in [2.24, 2.45) is 5.92 Å². The van der Waals surface area contributed by atoms with Gasteiger partial charge in [-0.1, -0.05) is 12.1 Å². The second-order valence-corrected chi connectivity index (χ2v) is 5.34. The lowest BCUT2D eigenvalue weighted by Gasteiger charge is -2.24. The summed E-state index contributed by atoms with van der Waals surface area (Å²) in [5.41, 5.74) is 1.08. The minimum atomic E-state index is -0.471. The maximum atomic E-state index is 12.6. The monoisotopic (exact) mass is 276 g/mol. The van der Waals surface area contributed by atoms with Crippen molar-refractivity contribution in [2.75, 3.05) is 18.1 Å². The number of fused-ring (bicyclic) bond motifs is 1. The van der Waals surface area contributed by atoms with E-state index in [-0.39, 0.29) is 24.2 Å². The molecule has 2 aliphatic rings. The van der Waals surface area contributed by atoms with Crippen LogP contribution in [-0.4, -0.2) is 31.1 Å². The van der Waals surface area contributed by atoms with Crippen molar-refractivity contribution in [1.29, 1.82) is 0 Å². The molecule has 1 N–H and O–H groups in total. The van der Waals surface area contributed by atoms with Gasteiger partial charge in [0.15, 0.2) is 0 Å². The van der Waals surface area contributed by atoms with Crippen molar-refractivity contribution in [3.63, 3.8) is 0 Å². The molecular weight excluding hydrogens is 259 g/mol. The molecule has 3 rings (SSSR count). The highest BCUT2D eigenvalue weighted by atomic mass is 19.1.